The van der Waals surface area contributed by atoms with E-state index in [-0.39, 0.29) is 11.6 Å². The predicted molar refractivity (Wildman–Crippen MR) is 92.1 cm³/mol. The lowest BCUT2D eigenvalue weighted by molar-refractivity contribution is -0.137. The van der Waals surface area contributed by atoms with Crippen molar-refractivity contribution >= 4 is 5.69 Å². The first-order valence-corrected chi connectivity index (χ1v) is 8.25. The molecule has 4 nitrogen and oxygen atoms in total. The summed E-state index contributed by atoms with van der Waals surface area (Å²) in [4.78, 5) is 1.88. The molecule has 0 amide bonds. The number of nitrogens with one attached hydrogen (secondary N) is 1. The van der Waals surface area contributed by atoms with Crippen LogP contribution >= 0.6 is 0 Å². The fraction of sp³-hybridized carbons (Fsp3) is 0.316. The van der Waals surface area contributed by atoms with E-state index < -0.39 is 11.7 Å². The number of para-hydroxylation sites is 1. The van der Waals surface area contributed by atoms with Crippen molar-refractivity contribution in [3.8, 4) is 11.8 Å². The molecule has 0 aliphatic carbocycles. The molecule has 26 heavy (non-hydrogen) atoms. The highest BCUT2D eigenvalue weighted by molar-refractivity contribution is 5.55. The van der Waals surface area contributed by atoms with E-state index in [2.05, 4.69) is 5.32 Å². The molecule has 1 aliphatic rings. The second-order valence-corrected chi connectivity index (χ2v) is 6.06. The first-order chi connectivity index (χ1) is 12.5. The van der Waals surface area contributed by atoms with E-state index >= 15 is 0 Å². The van der Waals surface area contributed by atoms with Crippen molar-refractivity contribution in [3.63, 3.8) is 0 Å². The van der Waals surface area contributed by atoms with E-state index in [1.54, 1.807) is 12.1 Å². The fourth-order valence-corrected chi connectivity index (χ4v) is 2.95. The maximum atomic E-state index is 13.2. The third-order valence-corrected chi connectivity index (χ3v) is 4.24. The van der Waals surface area contributed by atoms with Crippen LogP contribution in [-0.2, 0) is 6.18 Å². The van der Waals surface area contributed by atoms with E-state index in [0.29, 0.717) is 31.9 Å². The van der Waals surface area contributed by atoms with Crippen molar-refractivity contribution in [3.05, 3.63) is 59.7 Å². The Kier molecular flexibility index (Phi) is 5.33. The van der Waals surface area contributed by atoms with Crippen molar-refractivity contribution in [1.29, 1.82) is 5.26 Å². The molecule has 1 atom stereocenters. The zero-order chi connectivity index (χ0) is 18.6. The van der Waals surface area contributed by atoms with Crippen LogP contribution in [0.3, 0.4) is 0 Å². The van der Waals surface area contributed by atoms with Gasteiger partial charge in [-0.3, -0.25) is 0 Å². The Bertz CT molecular complexity index is 787. The highest BCUT2D eigenvalue weighted by atomic mass is 19.4. The first-order valence-electron chi connectivity index (χ1n) is 8.25. The van der Waals surface area contributed by atoms with E-state index in [1.165, 1.54) is 6.07 Å². The molecule has 0 spiro atoms. The summed E-state index contributed by atoms with van der Waals surface area (Å²) in [5.41, 5.74) is -0.795. The molecule has 2 aromatic carbocycles. The molecule has 1 N–H and O–H groups in total. The summed E-state index contributed by atoms with van der Waals surface area (Å²) >= 11 is 0. The molecule has 1 aliphatic heterocycles. The number of hydrogen-bond donors (Lipinski definition) is 1. The number of alkyl halides is 3. The third-order valence-electron chi connectivity index (χ3n) is 4.24. The summed E-state index contributed by atoms with van der Waals surface area (Å²) in [6.07, 6.45) is -4.55. The lowest BCUT2D eigenvalue weighted by atomic mass is 10.1. The lowest BCUT2D eigenvalue weighted by Gasteiger charge is -2.35. The number of benzene rings is 2. The second kappa shape index (κ2) is 7.67. The van der Waals surface area contributed by atoms with Gasteiger partial charge in [0.15, 0.2) is 0 Å². The van der Waals surface area contributed by atoms with Gasteiger partial charge in [-0.15, -0.1) is 0 Å². The van der Waals surface area contributed by atoms with Gasteiger partial charge in [0, 0.05) is 25.3 Å². The highest BCUT2D eigenvalue weighted by Crippen LogP contribution is 2.34. The van der Waals surface area contributed by atoms with Gasteiger partial charge in [0.05, 0.1) is 23.2 Å². The quantitative estimate of drug-likeness (QED) is 0.906. The van der Waals surface area contributed by atoms with E-state index in [4.69, 9.17) is 10.00 Å². The van der Waals surface area contributed by atoms with Crippen LogP contribution in [0.2, 0.25) is 0 Å². The average molecular weight is 361 g/mol. The number of nitrogens with zero attached hydrogens (tertiary/aromatic N) is 2. The molecule has 1 unspecified atom stereocenters. The maximum absolute atomic E-state index is 13.2. The molecule has 3 rings (SSSR count). The van der Waals surface area contributed by atoms with Crippen LogP contribution in [0.1, 0.15) is 11.1 Å². The molecule has 1 saturated heterocycles. The van der Waals surface area contributed by atoms with E-state index in [9.17, 15) is 13.2 Å². The lowest BCUT2D eigenvalue weighted by Crippen LogP contribution is -2.53. The molecule has 136 valence electrons. The van der Waals surface area contributed by atoms with E-state index in [1.807, 2.05) is 35.2 Å². The Balaban J connectivity index is 1.70. The van der Waals surface area contributed by atoms with Gasteiger partial charge >= 0.3 is 6.18 Å². The summed E-state index contributed by atoms with van der Waals surface area (Å²) in [6.45, 7) is 2.17. The Morgan fingerprint density at radius 2 is 1.96 bits per heavy atom. The molecule has 1 fully saturated rings. The van der Waals surface area contributed by atoms with Crippen molar-refractivity contribution in [2.75, 3.05) is 31.1 Å². The SMILES string of the molecule is N#Cc1ccc(N2CCNC(COc3ccccc3)C2)cc1C(F)(F)F. The number of halogens is 3. The summed E-state index contributed by atoms with van der Waals surface area (Å²) in [7, 11) is 0. The van der Waals surface area contributed by atoms with Crippen LogP contribution in [0.4, 0.5) is 18.9 Å². The maximum Gasteiger partial charge on any atom is 0.417 e. The zero-order valence-electron chi connectivity index (χ0n) is 14.0. The monoisotopic (exact) mass is 361 g/mol. The first kappa shape index (κ1) is 18.1. The second-order valence-electron chi connectivity index (χ2n) is 6.06. The van der Waals surface area contributed by atoms with Gasteiger partial charge in [-0.2, -0.15) is 18.4 Å². The number of rotatable bonds is 4. The number of hydrogen-bond acceptors (Lipinski definition) is 4. The Hall–Kier alpha value is -2.72. The summed E-state index contributed by atoms with van der Waals surface area (Å²) in [5, 5.41) is 12.2. The molecule has 0 saturated carbocycles. The van der Waals surface area contributed by atoms with Crippen LogP contribution in [-0.4, -0.2) is 32.3 Å². The molecule has 0 bridgehead atoms. The number of ether oxygens (including phenoxy) is 1. The number of anilines is 1. The van der Waals surface area contributed by atoms with Crippen molar-refractivity contribution in [1.82, 2.24) is 5.32 Å². The summed E-state index contributed by atoms with van der Waals surface area (Å²) in [5.74, 6) is 0.754. The van der Waals surface area contributed by atoms with Crippen molar-refractivity contribution in [2.45, 2.75) is 12.2 Å². The smallest absolute Gasteiger partial charge is 0.417 e. The average Bonchev–Trinajstić information content (AvgIpc) is 2.66. The Labute approximate surface area is 149 Å². The van der Waals surface area contributed by atoms with Gasteiger partial charge in [-0.1, -0.05) is 18.2 Å². The van der Waals surface area contributed by atoms with E-state index in [0.717, 1.165) is 11.8 Å². The minimum atomic E-state index is -4.55. The summed E-state index contributed by atoms with van der Waals surface area (Å²) in [6, 6.07) is 14.8. The van der Waals surface area contributed by atoms with Crippen LogP contribution in [0.5, 0.6) is 5.75 Å². The molecule has 1 heterocycles. The normalized spacial score (nSPS) is 17.6. The van der Waals surface area contributed by atoms with Crippen LogP contribution < -0.4 is 15.0 Å². The van der Waals surface area contributed by atoms with Crippen LogP contribution in [0, 0.1) is 11.3 Å². The molecule has 0 radical (unpaired) electrons. The van der Waals surface area contributed by atoms with Gasteiger partial charge in [0.25, 0.3) is 0 Å². The van der Waals surface area contributed by atoms with Crippen LogP contribution in [0.25, 0.3) is 0 Å². The molecular weight excluding hydrogens is 343 g/mol. The van der Waals surface area contributed by atoms with Gasteiger partial charge in [-0.05, 0) is 30.3 Å². The molecule has 2 aromatic rings. The molecular formula is C19H18F3N3O. The molecule has 0 aromatic heterocycles. The minimum absolute atomic E-state index is 0.00561. The minimum Gasteiger partial charge on any atom is -0.492 e. The highest BCUT2D eigenvalue weighted by Gasteiger charge is 2.34. The van der Waals surface area contributed by atoms with Crippen LogP contribution in [0.15, 0.2) is 48.5 Å². The van der Waals surface area contributed by atoms with Crippen molar-refractivity contribution in [2.24, 2.45) is 0 Å². The number of piperazine rings is 1. The predicted octanol–water partition coefficient (Wildman–Crippen LogP) is 3.43. The Morgan fingerprint density at radius 3 is 2.65 bits per heavy atom. The Morgan fingerprint density at radius 1 is 1.19 bits per heavy atom. The fourth-order valence-electron chi connectivity index (χ4n) is 2.95. The van der Waals surface area contributed by atoms with Gasteiger partial charge in [0.2, 0.25) is 0 Å². The largest absolute Gasteiger partial charge is 0.492 e. The van der Waals surface area contributed by atoms with Gasteiger partial charge in [0.1, 0.15) is 12.4 Å². The number of nitriles is 1. The molecule has 7 heteroatoms. The van der Waals surface area contributed by atoms with Crippen molar-refractivity contribution < 1.29 is 17.9 Å². The van der Waals surface area contributed by atoms with Gasteiger partial charge < -0.3 is 15.0 Å². The standard InChI is InChI=1S/C19H18F3N3O/c20-19(21,22)18-10-16(7-6-14(18)11-23)25-9-8-24-15(12-25)13-26-17-4-2-1-3-5-17/h1-7,10,15,24H,8-9,12-13H2. The van der Waals surface area contributed by atoms with Gasteiger partial charge in [-0.25, -0.2) is 0 Å². The summed E-state index contributed by atoms with van der Waals surface area (Å²) < 4.78 is 45.2. The topological polar surface area (TPSA) is 48.3 Å². The zero-order valence-corrected chi connectivity index (χ0v) is 14.0. The third kappa shape index (κ3) is 4.27.